The van der Waals surface area contributed by atoms with Crippen LogP contribution < -0.4 is 0 Å². The molecule has 33 heavy (non-hydrogen) atoms. The highest BCUT2D eigenvalue weighted by Crippen LogP contribution is 2.54. The molecule has 2 aliphatic carbocycles. The van der Waals surface area contributed by atoms with Gasteiger partial charge in [0.15, 0.2) is 0 Å². The molecule has 1 aromatic heterocycles. The van der Waals surface area contributed by atoms with Crippen LogP contribution in [0.15, 0.2) is 59.3 Å². The van der Waals surface area contributed by atoms with Crippen LogP contribution >= 0.6 is 0 Å². The van der Waals surface area contributed by atoms with Crippen molar-refractivity contribution in [3.8, 4) is 0 Å². The average molecular weight is 446 g/mol. The van der Waals surface area contributed by atoms with Gasteiger partial charge in [-0.3, -0.25) is 4.98 Å². The molecule has 0 bridgehead atoms. The number of fused-ring (bicyclic) bond motifs is 1. The molecule has 1 heteroatoms. The topological polar surface area (TPSA) is 12.9 Å². The smallest absolute Gasteiger partial charge is 0.0749 e. The third-order valence-electron chi connectivity index (χ3n) is 7.23. The van der Waals surface area contributed by atoms with E-state index in [1.165, 1.54) is 45.2 Å². The van der Waals surface area contributed by atoms with Crippen LogP contribution in [0.1, 0.15) is 106 Å². The number of rotatable bonds is 4. The Kier molecular flexibility index (Phi) is 9.70. The van der Waals surface area contributed by atoms with Crippen molar-refractivity contribution >= 4 is 16.3 Å². The molecule has 1 atom stereocenters. The van der Waals surface area contributed by atoms with Gasteiger partial charge in [-0.2, -0.15) is 0 Å². The summed E-state index contributed by atoms with van der Waals surface area (Å²) in [6, 6.07) is 8.90. The summed E-state index contributed by atoms with van der Waals surface area (Å²) in [5.41, 5.74) is 8.72. The van der Waals surface area contributed by atoms with Crippen molar-refractivity contribution in [3.63, 3.8) is 0 Å². The van der Waals surface area contributed by atoms with Crippen molar-refractivity contribution in [2.75, 3.05) is 0 Å². The zero-order valence-electron chi connectivity index (χ0n) is 23.0. The Morgan fingerprint density at radius 1 is 1.06 bits per heavy atom. The summed E-state index contributed by atoms with van der Waals surface area (Å²) < 4.78 is 0. The van der Waals surface area contributed by atoms with Crippen LogP contribution in [0.4, 0.5) is 0 Å². The van der Waals surface area contributed by atoms with Gasteiger partial charge in [-0.15, -0.1) is 0 Å². The standard InChI is InChI=1S/C25H29N.C5H12.C2H6/c1-6-7-8-10-19-15-16(2)17(3)23-22(19)24-21-18(13-14-26-24)11-9-12-20(21)25(23,4)5;1-4-5(2)3;1-2/h7-9,11-14,19H,6,10,15H2,1-5H3;5H,4H2,1-3H3;1-2H3. The predicted octanol–water partition coefficient (Wildman–Crippen LogP) is 10.1. The molecule has 2 aromatic rings. The van der Waals surface area contributed by atoms with Gasteiger partial charge in [-0.1, -0.05) is 97.7 Å². The van der Waals surface area contributed by atoms with E-state index in [1.807, 2.05) is 20.0 Å². The van der Waals surface area contributed by atoms with E-state index in [4.69, 9.17) is 4.98 Å². The lowest BCUT2D eigenvalue weighted by molar-refractivity contribution is 0.581. The van der Waals surface area contributed by atoms with E-state index in [-0.39, 0.29) is 5.41 Å². The fourth-order valence-electron chi connectivity index (χ4n) is 5.08. The summed E-state index contributed by atoms with van der Waals surface area (Å²) in [7, 11) is 0. The molecule has 1 unspecified atom stereocenters. The zero-order valence-corrected chi connectivity index (χ0v) is 23.0. The number of nitrogens with zero attached hydrogens (tertiary/aromatic N) is 1. The molecule has 0 saturated carbocycles. The molecule has 2 aliphatic rings. The molecule has 0 fully saturated rings. The summed E-state index contributed by atoms with van der Waals surface area (Å²) in [4.78, 5) is 4.92. The van der Waals surface area contributed by atoms with Gasteiger partial charge in [0.05, 0.1) is 5.69 Å². The van der Waals surface area contributed by atoms with Gasteiger partial charge < -0.3 is 0 Å². The third kappa shape index (κ3) is 5.51. The van der Waals surface area contributed by atoms with E-state index >= 15 is 0 Å². The van der Waals surface area contributed by atoms with E-state index in [1.54, 1.807) is 5.57 Å². The molecule has 0 aliphatic heterocycles. The lowest BCUT2D eigenvalue weighted by atomic mass is 9.61. The van der Waals surface area contributed by atoms with Crippen molar-refractivity contribution in [2.24, 2.45) is 11.8 Å². The van der Waals surface area contributed by atoms with Crippen LogP contribution in [0.2, 0.25) is 0 Å². The fourth-order valence-corrected chi connectivity index (χ4v) is 5.08. The van der Waals surface area contributed by atoms with Gasteiger partial charge in [0.25, 0.3) is 0 Å². The Morgan fingerprint density at radius 2 is 1.73 bits per heavy atom. The Morgan fingerprint density at radius 3 is 2.33 bits per heavy atom. The molecule has 4 rings (SSSR count). The van der Waals surface area contributed by atoms with Crippen LogP contribution in [0, 0.1) is 11.8 Å². The second-order valence-corrected chi connectivity index (χ2v) is 10.2. The first-order valence-electron chi connectivity index (χ1n) is 13.2. The highest BCUT2D eigenvalue weighted by atomic mass is 14.7. The van der Waals surface area contributed by atoms with Crippen LogP contribution in [-0.2, 0) is 5.41 Å². The molecule has 180 valence electrons. The minimum Gasteiger partial charge on any atom is -0.256 e. The number of aromatic nitrogens is 1. The van der Waals surface area contributed by atoms with Crippen LogP contribution in [-0.4, -0.2) is 4.98 Å². The van der Waals surface area contributed by atoms with Gasteiger partial charge in [0.1, 0.15) is 0 Å². The largest absolute Gasteiger partial charge is 0.256 e. The monoisotopic (exact) mass is 445 g/mol. The quantitative estimate of drug-likeness (QED) is 0.426. The molecule has 1 heterocycles. The highest BCUT2D eigenvalue weighted by Gasteiger charge is 2.41. The zero-order chi connectivity index (χ0) is 24.8. The molecule has 0 radical (unpaired) electrons. The molecule has 0 saturated heterocycles. The van der Waals surface area contributed by atoms with Crippen LogP contribution in [0.25, 0.3) is 16.3 Å². The van der Waals surface area contributed by atoms with Gasteiger partial charge >= 0.3 is 0 Å². The summed E-state index contributed by atoms with van der Waals surface area (Å²) in [5, 5.41) is 2.69. The van der Waals surface area contributed by atoms with Crippen molar-refractivity contribution in [3.05, 3.63) is 70.6 Å². The second kappa shape index (κ2) is 11.8. The minimum absolute atomic E-state index is 0.0172. The minimum atomic E-state index is 0.0172. The summed E-state index contributed by atoms with van der Waals surface area (Å²) >= 11 is 0. The van der Waals surface area contributed by atoms with E-state index in [0.717, 1.165) is 25.2 Å². The van der Waals surface area contributed by atoms with Crippen LogP contribution in [0.3, 0.4) is 0 Å². The summed E-state index contributed by atoms with van der Waals surface area (Å²) in [6.45, 7) is 22.3. The average Bonchev–Trinajstić information content (AvgIpc) is 2.81. The fraction of sp³-hybridized carbons (Fsp3) is 0.531. The molecule has 1 nitrogen and oxygen atoms in total. The second-order valence-electron chi connectivity index (χ2n) is 10.2. The third-order valence-corrected chi connectivity index (χ3v) is 7.23. The Balaban J connectivity index is 0.000000489. The maximum Gasteiger partial charge on any atom is 0.0749 e. The first-order chi connectivity index (χ1) is 15.7. The van der Waals surface area contributed by atoms with E-state index in [2.05, 4.69) is 91.8 Å². The first-order valence-corrected chi connectivity index (χ1v) is 13.2. The van der Waals surface area contributed by atoms with E-state index in [0.29, 0.717) is 5.92 Å². The molecule has 0 amide bonds. The van der Waals surface area contributed by atoms with Gasteiger partial charge in [0, 0.05) is 17.0 Å². The lowest BCUT2D eigenvalue weighted by Gasteiger charge is -2.42. The number of hydrogen-bond acceptors (Lipinski definition) is 1. The number of allylic oxidation sites excluding steroid dienone is 6. The van der Waals surface area contributed by atoms with E-state index in [9.17, 15) is 0 Å². The summed E-state index contributed by atoms with van der Waals surface area (Å²) in [6.07, 6.45) is 11.3. The Hall–Kier alpha value is -2.15. The number of benzene rings is 1. The predicted molar refractivity (Wildman–Crippen MR) is 149 cm³/mol. The van der Waals surface area contributed by atoms with Gasteiger partial charge in [-0.05, 0) is 78.7 Å². The molecular weight excluding hydrogens is 398 g/mol. The van der Waals surface area contributed by atoms with Crippen molar-refractivity contribution in [1.82, 2.24) is 4.98 Å². The number of pyridine rings is 1. The normalized spacial score (nSPS) is 18.7. The summed E-state index contributed by atoms with van der Waals surface area (Å²) in [5.74, 6) is 1.41. The molecule has 0 spiro atoms. The van der Waals surface area contributed by atoms with Crippen LogP contribution in [0.5, 0.6) is 0 Å². The lowest BCUT2D eigenvalue weighted by Crippen LogP contribution is -2.31. The highest BCUT2D eigenvalue weighted by molar-refractivity contribution is 6.00. The maximum absolute atomic E-state index is 4.92. The Bertz CT molecular complexity index is 1020. The van der Waals surface area contributed by atoms with Gasteiger partial charge in [0.2, 0.25) is 0 Å². The number of hydrogen-bond donors (Lipinski definition) is 0. The SMILES string of the molecule is CC.CCC(C)C.CCC=CCC1CC(C)=C(C)C2=C1c1nccc3cccc(c13)C2(C)C. The molecular formula is C32H47N. The molecule has 0 N–H and O–H groups in total. The van der Waals surface area contributed by atoms with Gasteiger partial charge in [-0.25, -0.2) is 0 Å². The van der Waals surface area contributed by atoms with Crippen molar-refractivity contribution in [1.29, 1.82) is 0 Å². The Labute approximate surface area is 204 Å². The first kappa shape index (κ1) is 27.1. The maximum atomic E-state index is 4.92. The van der Waals surface area contributed by atoms with Crippen molar-refractivity contribution < 1.29 is 0 Å². The van der Waals surface area contributed by atoms with E-state index < -0.39 is 0 Å². The van der Waals surface area contributed by atoms with Crippen molar-refractivity contribution in [2.45, 2.75) is 100 Å². The molecule has 1 aromatic carbocycles.